The van der Waals surface area contributed by atoms with E-state index in [1.54, 1.807) is 0 Å². The molecule has 3 rings (SSSR count). The molecule has 3 saturated heterocycles. The van der Waals surface area contributed by atoms with Gasteiger partial charge in [0.25, 0.3) is 0 Å². The molecular formula is C21H30NNa3O21S. The van der Waals surface area contributed by atoms with Crippen LogP contribution in [0.1, 0.15) is 6.92 Å². The van der Waals surface area contributed by atoms with Crippen molar-refractivity contribution in [2.75, 3.05) is 13.7 Å². The van der Waals surface area contributed by atoms with E-state index in [-0.39, 0.29) is 88.7 Å². The Labute approximate surface area is 332 Å². The maximum Gasteiger partial charge on any atom is 1.00 e. The SMILES string of the molecule is CO[C@@H]1O[C@H](C(=O)[O-])[C@@H](O[C@@H]2O[C@H](COS(=O)(=O)O)[C@H](O)[C@H](O[C@@H]3O[C@H](C(=O)[O-])[C@@H](O)[C@H](O)[C@H]3O)[C@H]2N=C(C)[O-])[C@H](O)[C@H]1O.[Na+].[Na+].[Na+]. The van der Waals surface area contributed by atoms with E-state index in [1.165, 1.54) is 0 Å². The number of aliphatic hydroxyl groups is 6. The van der Waals surface area contributed by atoms with E-state index in [4.69, 9.17) is 33.0 Å². The molecule has 47 heavy (non-hydrogen) atoms. The van der Waals surface area contributed by atoms with Crippen molar-refractivity contribution in [3.63, 3.8) is 0 Å². The Hall–Kier alpha value is 0.800. The molecule has 7 N–H and O–H groups in total. The standard InChI is InChI=1S/C21H33NO21S.3Na/c1-4(23)22-6-13(40-21-11(28)8(25)9(26)15(42-21)17(30)31)7(24)5(3-38-44(34,35)36)39-19(6)41-14-10(27)12(29)20(37-2)43-16(14)18(32)33;;;/h5-16,19-21,24-29H,3H2,1-2H3,(H,22,23)(H,30,31)(H,32,33)(H,34,35,36);;;/q;3*+1/p-3/t5-,6-,7+,8+,9+,10-,11-,12-,13-,14+,15+,16+,19+,20-,21-;;;/m1.../s1. The molecule has 0 saturated carbocycles. The van der Waals surface area contributed by atoms with Crippen molar-refractivity contribution in [1.82, 2.24) is 0 Å². The monoisotopic (exact) mass is 733 g/mol. The molecule has 254 valence electrons. The normalized spacial score (nSPS) is 41.0. The van der Waals surface area contributed by atoms with Gasteiger partial charge in [0.05, 0.1) is 18.5 Å². The number of hydrogen-bond acceptors (Lipinski definition) is 21. The molecule has 0 aromatic carbocycles. The number of ether oxygens (including phenoxy) is 6. The van der Waals surface area contributed by atoms with E-state index in [0.29, 0.717) is 0 Å². The summed E-state index contributed by atoms with van der Waals surface area (Å²) < 4.78 is 66.8. The van der Waals surface area contributed by atoms with E-state index in [0.717, 1.165) is 14.0 Å². The van der Waals surface area contributed by atoms with Gasteiger partial charge in [-0.05, 0) is 12.8 Å². The summed E-state index contributed by atoms with van der Waals surface area (Å²) in [5, 5.41) is 97.6. The van der Waals surface area contributed by atoms with Crippen LogP contribution < -0.4 is 104 Å². The number of hydrogen-bond donors (Lipinski definition) is 7. The van der Waals surface area contributed by atoms with Gasteiger partial charge in [-0.2, -0.15) is 8.42 Å². The van der Waals surface area contributed by atoms with Crippen LogP contribution in [0.2, 0.25) is 0 Å². The first kappa shape index (κ1) is 47.8. The summed E-state index contributed by atoms with van der Waals surface area (Å²) in [5.41, 5.74) is 0. The molecule has 3 aliphatic rings. The van der Waals surface area contributed by atoms with E-state index in [2.05, 4.69) is 9.18 Å². The minimum atomic E-state index is -5.19. The van der Waals surface area contributed by atoms with Gasteiger partial charge in [0.2, 0.25) is 0 Å². The predicted octanol–water partition coefficient (Wildman–Crippen LogP) is -18.8. The average molecular weight is 733 g/mol. The summed E-state index contributed by atoms with van der Waals surface area (Å²) in [4.78, 5) is 26.9. The van der Waals surface area contributed by atoms with Crippen LogP contribution in [0.25, 0.3) is 0 Å². The molecule has 3 heterocycles. The minimum Gasteiger partial charge on any atom is -0.862 e. The number of aliphatic imine (C=N–C) groups is 1. The Balaban J connectivity index is 0.00000705. The number of carboxylic acid groups (broad SMARTS) is 2. The first-order chi connectivity index (χ1) is 20.4. The third-order valence-corrected chi connectivity index (χ3v) is 7.18. The first-order valence-corrected chi connectivity index (χ1v) is 13.9. The number of methoxy groups -OCH3 is 1. The van der Waals surface area contributed by atoms with Gasteiger partial charge in [-0.25, -0.2) is 4.18 Å². The van der Waals surface area contributed by atoms with Crippen LogP contribution in [-0.2, 0) is 52.6 Å². The second kappa shape index (κ2) is 20.1. The van der Waals surface area contributed by atoms with Crippen molar-refractivity contribution in [2.24, 2.45) is 4.99 Å². The van der Waals surface area contributed by atoms with Crippen molar-refractivity contribution in [2.45, 2.75) is 99.0 Å². The molecule has 0 unspecified atom stereocenters. The number of carboxylic acids is 2. The van der Waals surface area contributed by atoms with Crippen LogP contribution in [0.15, 0.2) is 4.99 Å². The zero-order valence-electron chi connectivity index (χ0n) is 25.6. The van der Waals surface area contributed by atoms with Gasteiger partial charge in [-0.1, -0.05) is 0 Å². The Bertz CT molecular complexity index is 1160. The fourth-order valence-corrected chi connectivity index (χ4v) is 4.95. The van der Waals surface area contributed by atoms with Gasteiger partial charge in [-0.15, -0.1) is 0 Å². The van der Waals surface area contributed by atoms with Gasteiger partial charge in [0, 0.05) is 7.11 Å². The summed E-state index contributed by atoms with van der Waals surface area (Å²) in [6.07, 6.45) is -29.8. The number of nitrogens with zero attached hydrogens (tertiary/aromatic N) is 1. The largest absolute Gasteiger partial charge is 1.00 e. The van der Waals surface area contributed by atoms with E-state index >= 15 is 0 Å². The maximum absolute atomic E-state index is 12.1. The van der Waals surface area contributed by atoms with Crippen LogP contribution in [-0.4, -0.2) is 167 Å². The molecule has 26 heteroatoms. The predicted molar refractivity (Wildman–Crippen MR) is 123 cm³/mol. The second-order valence-electron chi connectivity index (χ2n) is 9.76. The summed E-state index contributed by atoms with van der Waals surface area (Å²) >= 11 is 0. The molecule has 0 aromatic rings. The Morgan fingerprint density at radius 3 is 1.72 bits per heavy atom. The quantitative estimate of drug-likeness (QED) is 0.0448. The molecule has 15 atom stereocenters. The average Bonchev–Trinajstić information content (AvgIpc) is 2.92. The van der Waals surface area contributed by atoms with Crippen molar-refractivity contribution in [3.05, 3.63) is 0 Å². The zero-order chi connectivity index (χ0) is 33.3. The van der Waals surface area contributed by atoms with Crippen LogP contribution in [0.4, 0.5) is 0 Å². The fourth-order valence-electron chi connectivity index (χ4n) is 4.65. The Kier molecular flexibility index (Phi) is 20.5. The molecule has 0 aromatic heterocycles. The van der Waals surface area contributed by atoms with Crippen LogP contribution >= 0.6 is 0 Å². The van der Waals surface area contributed by atoms with Crippen molar-refractivity contribution in [3.8, 4) is 0 Å². The molecule has 3 aliphatic heterocycles. The first-order valence-electron chi connectivity index (χ1n) is 12.5. The number of aliphatic carboxylic acids is 2. The van der Waals surface area contributed by atoms with E-state index in [9.17, 15) is 64.0 Å². The minimum absolute atomic E-state index is 0. The van der Waals surface area contributed by atoms with Crippen molar-refractivity contribution >= 4 is 28.2 Å². The van der Waals surface area contributed by atoms with Gasteiger partial charge >= 0.3 is 99.1 Å². The third kappa shape index (κ3) is 11.9. The molecule has 3 fully saturated rings. The Morgan fingerprint density at radius 2 is 1.23 bits per heavy atom. The summed E-state index contributed by atoms with van der Waals surface area (Å²) in [6.45, 7) is -0.354. The molecule has 0 spiro atoms. The number of rotatable bonds is 11. The van der Waals surface area contributed by atoms with Crippen LogP contribution in [0.5, 0.6) is 0 Å². The molecule has 22 nitrogen and oxygen atoms in total. The van der Waals surface area contributed by atoms with Gasteiger partial charge in [-0.3, -0.25) is 9.55 Å². The topological polar surface area (TPSA) is 356 Å². The molecule has 0 aliphatic carbocycles. The van der Waals surface area contributed by atoms with Crippen LogP contribution in [0.3, 0.4) is 0 Å². The third-order valence-electron chi connectivity index (χ3n) is 6.75. The van der Waals surface area contributed by atoms with Crippen molar-refractivity contribution in [1.29, 1.82) is 0 Å². The van der Waals surface area contributed by atoms with E-state index < -0.39 is 127 Å². The van der Waals surface area contributed by atoms with E-state index in [1.807, 2.05) is 0 Å². The Morgan fingerprint density at radius 1 is 0.723 bits per heavy atom. The molecule has 0 amide bonds. The zero-order valence-corrected chi connectivity index (χ0v) is 32.4. The number of carbonyl (C=O) groups excluding carboxylic acids is 2. The van der Waals surface area contributed by atoms with Crippen LogP contribution in [0, 0.1) is 0 Å². The summed E-state index contributed by atoms with van der Waals surface area (Å²) in [6, 6.07) is -1.97. The molecular weight excluding hydrogens is 703 g/mol. The number of carbonyl (C=O) groups is 2. The second-order valence-corrected chi connectivity index (χ2v) is 10.9. The van der Waals surface area contributed by atoms with Gasteiger partial charge < -0.3 is 84.0 Å². The molecule has 0 bridgehead atoms. The molecule has 0 radical (unpaired) electrons. The maximum atomic E-state index is 12.1. The van der Waals surface area contributed by atoms with Gasteiger partial charge in [0.1, 0.15) is 73.2 Å². The summed E-state index contributed by atoms with van der Waals surface area (Å²) in [7, 11) is -4.19. The summed E-state index contributed by atoms with van der Waals surface area (Å²) in [5.74, 6) is -5.11. The van der Waals surface area contributed by atoms with Gasteiger partial charge in [0.15, 0.2) is 18.9 Å². The number of aliphatic hydroxyl groups excluding tert-OH is 6. The smallest absolute Gasteiger partial charge is 0.862 e. The van der Waals surface area contributed by atoms with Crippen molar-refractivity contribution < 1.29 is 190 Å². The fraction of sp³-hybridized carbons (Fsp3) is 0.857.